The molecule has 3 atom stereocenters. The lowest BCUT2D eigenvalue weighted by molar-refractivity contribution is -0.157. The molecule has 2 aliphatic rings. The van der Waals surface area contributed by atoms with E-state index in [9.17, 15) is 9.59 Å². The van der Waals surface area contributed by atoms with Crippen molar-refractivity contribution in [1.82, 2.24) is 5.32 Å². The van der Waals surface area contributed by atoms with Crippen LogP contribution in [-0.4, -0.2) is 40.1 Å². The maximum atomic E-state index is 12.6. The van der Waals surface area contributed by atoms with Crippen molar-refractivity contribution in [1.29, 1.82) is 0 Å². The number of hydrogen-bond acceptors (Lipinski definition) is 6. The third-order valence-corrected chi connectivity index (χ3v) is 5.23. The van der Waals surface area contributed by atoms with Crippen LogP contribution in [0.2, 0.25) is 0 Å². The molecule has 1 saturated carbocycles. The van der Waals surface area contributed by atoms with E-state index in [0.29, 0.717) is 5.92 Å². The van der Waals surface area contributed by atoms with Crippen molar-refractivity contribution < 1.29 is 19.4 Å². The zero-order valence-electron chi connectivity index (χ0n) is 13.9. The Bertz CT molecular complexity index is 495. The molecule has 0 bridgehead atoms. The van der Waals surface area contributed by atoms with Crippen LogP contribution in [-0.2, 0) is 14.3 Å². The number of hydrogen-bond donors (Lipinski definition) is 3. The molecule has 1 aliphatic carbocycles. The lowest BCUT2D eigenvalue weighted by Gasteiger charge is -2.35. The number of carboxylic acids is 1. The van der Waals surface area contributed by atoms with Gasteiger partial charge in [0, 0.05) is 0 Å². The van der Waals surface area contributed by atoms with Crippen LogP contribution in [0.15, 0.2) is 11.0 Å². The number of aliphatic carboxylic acids is 1. The molecule has 0 radical (unpaired) electrons. The largest absolute Gasteiger partial charge is 0.480 e. The minimum Gasteiger partial charge on any atom is -0.480 e. The van der Waals surface area contributed by atoms with Crippen molar-refractivity contribution in [2.45, 2.75) is 69.5 Å². The molecule has 3 unspecified atom stereocenters. The van der Waals surface area contributed by atoms with Crippen LogP contribution in [0.1, 0.15) is 46.5 Å². The van der Waals surface area contributed by atoms with E-state index in [2.05, 4.69) is 5.32 Å². The Hall–Kier alpha value is -1.05. The number of ether oxygens (including phenoxy) is 1. The molecule has 0 aromatic heterocycles. The number of carboxylic acid groups (broad SMARTS) is 1. The summed E-state index contributed by atoms with van der Waals surface area (Å²) in [6.45, 7) is 5.46. The number of nitrogens with two attached hydrogens (primary N) is 1. The van der Waals surface area contributed by atoms with Gasteiger partial charge in [0.05, 0.1) is 5.37 Å². The number of thioether (sulfide) groups is 1. The zero-order chi connectivity index (χ0) is 17.2. The van der Waals surface area contributed by atoms with Crippen LogP contribution in [0.25, 0.3) is 0 Å². The van der Waals surface area contributed by atoms with E-state index in [0.717, 1.165) is 31.3 Å². The van der Waals surface area contributed by atoms with E-state index >= 15 is 0 Å². The minimum absolute atomic E-state index is 0.356. The van der Waals surface area contributed by atoms with E-state index < -0.39 is 29.0 Å². The van der Waals surface area contributed by atoms with Gasteiger partial charge in [0.1, 0.15) is 17.7 Å². The fraction of sp³-hybridized carbons (Fsp3) is 0.750. The summed E-state index contributed by atoms with van der Waals surface area (Å²) in [5, 5.41) is 13.6. The smallest absolute Gasteiger partial charge is 0.328 e. The van der Waals surface area contributed by atoms with Gasteiger partial charge < -0.3 is 15.6 Å². The average Bonchev–Trinajstić information content (AvgIpc) is 2.98. The summed E-state index contributed by atoms with van der Waals surface area (Å²) in [5.41, 5.74) is 6.14. The van der Waals surface area contributed by atoms with Crippen LogP contribution >= 0.6 is 11.8 Å². The highest BCUT2D eigenvalue weighted by Gasteiger charge is 2.39. The second-order valence-electron chi connectivity index (χ2n) is 7.15. The van der Waals surface area contributed by atoms with Crippen molar-refractivity contribution >= 4 is 23.7 Å². The number of carbonyl (C=O) groups excluding carboxylic acids is 1. The van der Waals surface area contributed by atoms with Crippen LogP contribution in [0.4, 0.5) is 0 Å². The highest BCUT2D eigenvalue weighted by molar-refractivity contribution is 8.02. The van der Waals surface area contributed by atoms with Gasteiger partial charge in [-0.25, -0.2) is 4.79 Å². The number of nitrogens with one attached hydrogen (secondary N) is 1. The highest BCUT2D eigenvalue weighted by atomic mass is 32.2. The molecule has 0 saturated heterocycles. The van der Waals surface area contributed by atoms with E-state index in [1.807, 2.05) is 26.2 Å². The molecule has 1 aliphatic heterocycles. The van der Waals surface area contributed by atoms with Crippen LogP contribution in [0.3, 0.4) is 0 Å². The standard InChI is InChI=1S/C16H26N2O4S/c1-16(2,3)22-15(21)12-10(9-6-4-5-7-9)8-23-13(18-12)11(17)14(19)20/h8-9,11-13,18H,4-7,17H2,1-3H3,(H,19,20). The molecule has 0 aromatic carbocycles. The summed E-state index contributed by atoms with van der Waals surface area (Å²) >= 11 is 1.35. The lowest BCUT2D eigenvalue weighted by atomic mass is 9.92. The summed E-state index contributed by atoms with van der Waals surface area (Å²) in [5.74, 6) is -1.09. The molecule has 0 aromatic rings. The zero-order valence-corrected chi connectivity index (χ0v) is 14.7. The van der Waals surface area contributed by atoms with E-state index in [-0.39, 0.29) is 5.97 Å². The molecule has 1 fully saturated rings. The molecule has 0 amide bonds. The van der Waals surface area contributed by atoms with Gasteiger partial charge in [0.25, 0.3) is 0 Å². The molecule has 4 N–H and O–H groups in total. The summed E-state index contributed by atoms with van der Waals surface area (Å²) in [6, 6.07) is -1.69. The topological polar surface area (TPSA) is 102 Å². The second-order valence-corrected chi connectivity index (χ2v) is 8.17. The molecular weight excluding hydrogens is 316 g/mol. The Labute approximate surface area is 141 Å². The average molecular weight is 342 g/mol. The Morgan fingerprint density at radius 1 is 1.39 bits per heavy atom. The van der Waals surface area contributed by atoms with Gasteiger partial charge in [0.2, 0.25) is 0 Å². The Morgan fingerprint density at radius 3 is 2.52 bits per heavy atom. The van der Waals surface area contributed by atoms with E-state index in [1.165, 1.54) is 11.8 Å². The van der Waals surface area contributed by atoms with Crippen molar-refractivity contribution in [3.63, 3.8) is 0 Å². The quantitative estimate of drug-likeness (QED) is 0.670. The molecule has 2 rings (SSSR count). The molecule has 23 heavy (non-hydrogen) atoms. The normalized spacial score (nSPS) is 27.4. The number of rotatable bonds is 4. The first-order chi connectivity index (χ1) is 10.7. The molecule has 7 heteroatoms. The summed E-state index contributed by atoms with van der Waals surface area (Å²) in [6.07, 6.45) is 4.43. The lowest BCUT2D eigenvalue weighted by Crippen LogP contribution is -2.56. The second kappa shape index (κ2) is 7.23. The maximum Gasteiger partial charge on any atom is 0.328 e. The molecule has 0 spiro atoms. The maximum absolute atomic E-state index is 12.6. The predicted molar refractivity (Wildman–Crippen MR) is 89.8 cm³/mol. The van der Waals surface area contributed by atoms with Gasteiger partial charge in [0.15, 0.2) is 0 Å². The van der Waals surface area contributed by atoms with Gasteiger partial charge >= 0.3 is 11.9 Å². The van der Waals surface area contributed by atoms with Gasteiger partial charge in [-0.15, -0.1) is 11.8 Å². The predicted octanol–water partition coefficient (Wildman–Crippen LogP) is 1.85. The van der Waals surface area contributed by atoms with Gasteiger partial charge in [-0.05, 0) is 50.5 Å². The van der Waals surface area contributed by atoms with E-state index in [1.54, 1.807) is 0 Å². The van der Waals surface area contributed by atoms with Gasteiger partial charge in [-0.2, -0.15) is 0 Å². The Morgan fingerprint density at radius 2 is 2.00 bits per heavy atom. The molecule has 1 heterocycles. The first-order valence-corrected chi connectivity index (χ1v) is 8.96. The highest BCUT2D eigenvalue weighted by Crippen LogP contribution is 2.37. The minimum atomic E-state index is -1.09. The van der Waals surface area contributed by atoms with E-state index in [4.69, 9.17) is 15.6 Å². The van der Waals surface area contributed by atoms with Crippen molar-refractivity contribution in [3.05, 3.63) is 11.0 Å². The van der Waals surface area contributed by atoms with Gasteiger partial charge in [-0.1, -0.05) is 12.8 Å². The number of carbonyl (C=O) groups is 2. The molecule has 6 nitrogen and oxygen atoms in total. The molecule has 130 valence electrons. The first-order valence-electron chi connectivity index (χ1n) is 8.02. The monoisotopic (exact) mass is 342 g/mol. The summed E-state index contributed by atoms with van der Waals surface area (Å²) in [4.78, 5) is 23.7. The Kier molecular flexibility index (Phi) is 5.75. The van der Waals surface area contributed by atoms with Crippen molar-refractivity contribution in [2.24, 2.45) is 11.7 Å². The first kappa shape index (κ1) is 18.3. The Balaban J connectivity index is 2.20. The third-order valence-electron chi connectivity index (χ3n) is 4.10. The number of esters is 1. The fourth-order valence-corrected chi connectivity index (χ4v) is 4.13. The summed E-state index contributed by atoms with van der Waals surface area (Å²) < 4.78 is 5.52. The van der Waals surface area contributed by atoms with Gasteiger partial charge in [-0.3, -0.25) is 10.1 Å². The summed E-state index contributed by atoms with van der Waals surface area (Å²) in [7, 11) is 0. The molecular formula is C16H26N2O4S. The SMILES string of the molecule is CC(C)(C)OC(=O)C1NC(C(N)C(=O)O)SC=C1C1CCCC1. The third kappa shape index (κ3) is 4.71. The van der Waals surface area contributed by atoms with Crippen molar-refractivity contribution in [2.75, 3.05) is 0 Å². The van der Waals surface area contributed by atoms with Crippen LogP contribution < -0.4 is 11.1 Å². The fourth-order valence-electron chi connectivity index (χ4n) is 2.99. The van der Waals surface area contributed by atoms with Crippen LogP contribution in [0.5, 0.6) is 0 Å². The van der Waals surface area contributed by atoms with Crippen molar-refractivity contribution in [3.8, 4) is 0 Å². The van der Waals surface area contributed by atoms with Crippen LogP contribution in [0, 0.1) is 5.92 Å².